The Kier molecular flexibility index (Phi) is 2.65. The van der Waals surface area contributed by atoms with E-state index < -0.39 is 0 Å². The molecule has 0 aliphatic heterocycles. The molecule has 2 heterocycles. The number of nitrogens with one attached hydrogen (secondary N) is 1. The molecule has 0 atom stereocenters. The van der Waals surface area contributed by atoms with Crippen LogP contribution >= 0.6 is 23.6 Å². The van der Waals surface area contributed by atoms with Crippen LogP contribution in [0, 0.1) is 4.77 Å². The van der Waals surface area contributed by atoms with Gasteiger partial charge in [0.25, 0.3) is 0 Å². The molecule has 0 amide bonds. The van der Waals surface area contributed by atoms with Crippen LogP contribution in [0.4, 0.5) is 5.95 Å². The summed E-state index contributed by atoms with van der Waals surface area (Å²) in [4.78, 5) is 11.6. The van der Waals surface area contributed by atoms with Gasteiger partial charge in [-0.1, -0.05) is 0 Å². The van der Waals surface area contributed by atoms with Crippen molar-refractivity contribution in [1.29, 1.82) is 0 Å². The molecule has 78 valence electrons. The van der Waals surface area contributed by atoms with Crippen LogP contribution in [0.25, 0.3) is 10.7 Å². The minimum absolute atomic E-state index is 0.219. The number of methoxy groups -OCH3 is 1. The van der Waals surface area contributed by atoms with E-state index in [1.807, 2.05) is 11.4 Å². The molecular weight excluding hydrogens is 232 g/mol. The van der Waals surface area contributed by atoms with Crippen molar-refractivity contribution in [3.8, 4) is 16.5 Å². The van der Waals surface area contributed by atoms with Crippen molar-refractivity contribution in [1.82, 2.24) is 15.0 Å². The summed E-state index contributed by atoms with van der Waals surface area (Å²) >= 11 is 6.38. The number of H-pyrrole nitrogens is 1. The minimum Gasteiger partial charge on any atom is -0.495 e. The third-order valence-electron chi connectivity index (χ3n) is 1.73. The average molecular weight is 240 g/mol. The maximum absolute atomic E-state index is 5.55. The molecule has 2 rings (SSSR count). The highest BCUT2D eigenvalue weighted by atomic mass is 32.1. The van der Waals surface area contributed by atoms with Gasteiger partial charge in [-0.05, 0) is 23.7 Å². The second kappa shape index (κ2) is 3.95. The van der Waals surface area contributed by atoms with Gasteiger partial charge >= 0.3 is 0 Å². The van der Waals surface area contributed by atoms with Gasteiger partial charge in [0, 0.05) is 0 Å². The Hall–Kier alpha value is -1.47. The van der Waals surface area contributed by atoms with E-state index in [-0.39, 0.29) is 10.7 Å². The number of aromatic amines is 1. The summed E-state index contributed by atoms with van der Waals surface area (Å²) in [6, 6.07) is 1.86. The Morgan fingerprint density at radius 3 is 3.00 bits per heavy atom. The standard InChI is InChI=1S/C8H8N4OS2/c1-13-4-2-3-15-5(4)6-10-7(9)12-8(14)11-6/h2-3H,1H3,(H3,9,10,11,12,14). The Morgan fingerprint density at radius 1 is 1.53 bits per heavy atom. The molecule has 0 spiro atoms. The van der Waals surface area contributed by atoms with E-state index in [9.17, 15) is 0 Å². The molecule has 15 heavy (non-hydrogen) atoms. The zero-order valence-electron chi connectivity index (χ0n) is 7.85. The van der Waals surface area contributed by atoms with Gasteiger partial charge < -0.3 is 15.5 Å². The number of nitrogen functional groups attached to an aromatic ring is 1. The number of nitrogens with two attached hydrogens (primary N) is 1. The molecule has 0 saturated heterocycles. The molecule has 0 bridgehead atoms. The van der Waals surface area contributed by atoms with E-state index in [2.05, 4.69) is 15.0 Å². The molecule has 0 saturated carbocycles. The smallest absolute Gasteiger partial charge is 0.224 e. The molecule has 0 aliphatic rings. The average Bonchev–Trinajstić information content (AvgIpc) is 2.63. The van der Waals surface area contributed by atoms with Gasteiger partial charge in [-0.3, -0.25) is 0 Å². The SMILES string of the molecule is COc1ccsc1-c1nc(=S)nc(N)[nH]1. The summed E-state index contributed by atoms with van der Waals surface area (Å²) in [5, 5.41) is 1.91. The van der Waals surface area contributed by atoms with Crippen molar-refractivity contribution >= 4 is 29.5 Å². The monoisotopic (exact) mass is 240 g/mol. The van der Waals surface area contributed by atoms with Gasteiger partial charge in [-0.25, -0.2) is 0 Å². The highest BCUT2D eigenvalue weighted by molar-refractivity contribution is 7.71. The van der Waals surface area contributed by atoms with Crippen molar-refractivity contribution in [2.75, 3.05) is 12.8 Å². The fourth-order valence-electron chi connectivity index (χ4n) is 1.14. The van der Waals surface area contributed by atoms with E-state index in [0.717, 1.165) is 10.6 Å². The molecule has 0 unspecified atom stereocenters. The second-order valence-corrected chi connectivity index (χ2v) is 3.96. The Labute approximate surface area is 95.0 Å². The van der Waals surface area contributed by atoms with Crippen LogP contribution in [0.1, 0.15) is 0 Å². The van der Waals surface area contributed by atoms with Gasteiger partial charge in [0.05, 0.1) is 7.11 Å². The number of ether oxygens (including phenoxy) is 1. The van der Waals surface area contributed by atoms with Gasteiger partial charge in [0.1, 0.15) is 10.6 Å². The second-order valence-electron chi connectivity index (χ2n) is 2.68. The molecule has 7 heteroatoms. The number of hydrogen-bond acceptors (Lipinski definition) is 6. The summed E-state index contributed by atoms with van der Waals surface area (Å²) in [6.45, 7) is 0. The molecule has 3 N–H and O–H groups in total. The minimum atomic E-state index is 0.219. The number of thiophene rings is 1. The van der Waals surface area contributed by atoms with Crippen LogP contribution in [0.2, 0.25) is 0 Å². The third-order valence-corrected chi connectivity index (χ3v) is 2.82. The molecule has 0 fully saturated rings. The number of anilines is 1. The first-order valence-corrected chi connectivity index (χ1v) is 5.35. The fourth-order valence-corrected chi connectivity index (χ4v) is 2.13. The number of rotatable bonds is 2. The van der Waals surface area contributed by atoms with Gasteiger partial charge in [0.15, 0.2) is 5.82 Å². The summed E-state index contributed by atoms with van der Waals surface area (Å²) < 4.78 is 5.39. The van der Waals surface area contributed by atoms with Gasteiger partial charge in [-0.2, -0.15) is 9.97 Å². The molecule has 0 radical (unpaired) electrons. The number of hydrogen-bond donors (Lipinski definition) is 2. The zero-order valence-corrected chi connectivity index (χ0v) is 9.48. The van der Waals surface area contributed by atoms with Crippen LogP contribution in [-0.2, 0) is 0 Å². The quantitative estimate of drug-likeness (QED) is 0.783. The van der Waals surface area contributed by atoms with Crippen LogP contribution in [0.5, 0.6) is 5.75 Å². The Morgan fingerprint density at radius 2 is 2.33 bits per heavy atom. The topological polar surface area (TPSA) is 76.8 Å². The first-order valence-electron chi connectivity index (χ1n) is 4.06. The van der Waals surface area contributed by atoms with Crippen LogP contribution in [0.15, 0.2) is 11.4 Å². The lowest BCUT2D eigenvalue weighted by Crippen LogP contribution is -1.99. The zero-order chi connectivity index (χ0) is 10.8. The van der Waals surface area contributed by atoms with Crippen LogP contribution < -0.4 is 10.5 Å². The maximum atomic E-state index is 5.55. The molecular formula is C8H8N4OS2. The maximum Gasteiger partial charge on any atom is 0.224 e. The number of aromatic nitrogens is 3. The first-order chi connectivity index (χ1) is 7.20. The van der Waals surface area contributed by atoms with Crippen molar-refractivity contribution in [2.45, 2.75) is 0 Å². The van der Waals surface area contributed by atoms with Crippen molar-refractivity contribution in [3.05, 3.63) is 16.2 Å². The molecule has 5 nitrogen and oxygen atoms in total. The lowest BCUT2D eigenvalue weighted by Gasteiger charge is -2.02. The molecule has 0 aliphatic carbocycles. The number of nitrogens with zero attached hydrogens (tertiary/aromatic N) is 2. The van der Waals surface area contributed by atoms with E-state index in [4.69, 9.17) is 22.7 Å². The highest BCUT2D eigenvalue weighted by Crippen LogP contribution is 2.32. The van der Waals surface area contributed by atoms with Gasteiger partial charge in [0.2, 0.25) is 10.7 Å². The Balaban J connectivity index is 2.58. The van der Waals surface area contributed by atoms with E-state index in [1.165, 1.54) is 11.3 Å². The summed E-state index contributed by atoms with van der Waals surface area (Å²) in [6.07, 6.45) is 0. The molecule has 2 aromatic heterocycles. The fraction of sp³-hybridized carbons (Fsp3) is 0.125. The summed E-state index contributed by atoms with van der Waals surface area (Å²) in [5.74, 6) is 1.57. The van der Waals surface area contributed by atoms with E-state index in [1.54, 1.807) is 7.11 Å². The normalized spacial score (nSPS) is 10.2. The predicted molar refractivity (Wildman–Crippen MR) is 61.5 cm³/mol. The van der Waals surface area contributed by atoms with Crippen LogP contribution in [-0.4, -0.2) is 22.1 Å². The largest absolute Gasteiger partial charge is 0.495 e. The molecule has 2 aromatic rings. The van der Waals surface area contributed by atoms with Crippen molar-refractivity contribution in [3.63, 3.8) is 0 Å². The molecule has 0 aromatic carbocycles. The summed E-state index contributed by atoms with van der Waals surface area (Å²) in [5.41, 5.74) is 5.55. The van der Waals surface area contributed by atoms with Gasteiger partial charge in [-0.15, -0.1) is 11.3 Å². The summed E-state index contributed by atoms with van der Waals surface area (Å²) in [7, 11) is 1.60. The lowest BCUT2D eigenvalue weighted by atomic mass is 10.4. The van der Waals surface area contributed by atoms with E-state index >= 15 is 0 Å². The first kappa shape index (κ1) is 10.1. The lowest BCUT2D eigenvalue weighted by molar-refractivity contribution is 0.418. The Bertz CT molecular complexity index is 533. The highest BCUT2D eigenvalue weighted by Gasteiger charge is 2.09. The third kappa shape index (κ3) is 1.97. The van der Waals surface area contributed by atoms with Crippen molar-refractivity contribution in [2.24, 2.45) is 0 Å². The van der Waals surface area contributed by atoms with Crippen molar-refractivity contribution < 1.29 is 4.74 Å². The van der Waals surface area contributed by atoms with E-state index in [0.29, 0.717) is 5.82 Å². The van der Waals surface area contributed by atoms with Crippen LogP contribution in [0.3, 0.4) is 0 Å². The predicted octanol–water partition coefficient (Wildman–Crippen LogP) is 1.85.